The van der Waals surface area contributed by atoms with Gasteiger partial charge in [-0.05, 0) is 42.8 Å². The normalized spacial score (nSPS) is 9.74. The maximum atomic E-state index is 5.66. The maximum Gasteiger partial charge on any atom is 0.234 e. The molecule has 1 heterocycles. The number of thiol groups is 1. The van der Waals surface area contributed by atoms with E-state index < -0.39 is 0 Å². The summed E-state index contributed by atoms with van der Waals surface area (Å²) in [6, 6.07) is 8.13. The molecule has 0 atom stereocenters. The van der Waals surface area contributed by atoms with Gasteiger partial charge in [-0.25, -0.2) is 4.09 Å². The fourth-order valence-electron chi connectivity index (χ4n) is 1.82. The minimum atomic E-state index is 0.556. The van der Waals surface area contributed by atoms with Crippen LogP contribution < -0.4 is 4.74 Å². The largest absolute Gasteiger partial charge is 0.472 e. The van der Waals surface area contributed by atoms with Crippen LogP contribution in [0.4, 0.5) is 0 Å². The second kappa shape index (κ2) is 7.89. The van der Waals surface area contributed by atoms with Gasteiger partial charge < -0.3 is 4.74 Å². The Morgan fingerprint density at radius 1 is 1.26 bits per heavy atom. The zero-order chi connectivity index (χ0) is 14.3. The number of hydrogen-bond acceptors (Lipinski definition) is 3. The molecule has 4 heteroatoms. The Bertz CT molecular complexity index is 509. The van der Waals surface area contributed by atoms with Crippen molar-refractivity contribution in [2.45, 2.75) is 40.7 Å². The highest BCUT2D eigenvalue weighted by Gasteiger charge is 2.06. The third-order valence-electron chi connectivity index (χ3n) is 2.80. The van der Waals surface area contributed by atoms with E-state index in [1.54, 1.807) is 12.3 Å². The second-order valence-corrected chi connectivity index (χ2v) is 4.34. The highest BCUT2D eigenvalue weighted by atomic mass is 32.1. The van der Waals surface area contributed by atoms with E-state index in [0.29, 0.717) is 12.5 Å². The molecule has 0 aliphatic rings. The van der Waals surface area contributed by atoms with Gasteiger partial charge in [-0.1, -0.05) is 39.0 Å². The molecule has 0 saturated carbocycles. The molecule has 0 N–H and O–H groups in total. The Kier molecular flexibility index (Phi) is 6.50. The van der Waals surface area contributed by atoms with Crippen LogP contribution in [0.3, 0.4) is 0 Å². The van der Waals surface area contributed by atoms with Crippen molar-refractivity contribution < 1.29 is 4.74 Å². The molecule has 1 aromatic heterocycles. The highest BCUT2D eigenvalue weighted by Crippen LogP contribution is 2.17. The molecule has 0 radical (unpaired) electrons. The van der Waals surface area contributed by atoms with E-state index in [1.165, 1.54) is 20.8 Å². The second-order valence-electron chi connectivity index (χ2n) is 3.93. The summed E-state index contributed by atoms with van der Waals surface area (Å²) in [6.45, 7) is 8.82. The van der Waals surface area contributed by atoms with Gasteiger partial charge in [0.05, 0.1) is 0 Å². The van der Waals surface area contributed by atoms with Crippen LogP contribution in [0.1, 0.15) is 37.5 Å². The van der Waals surface area contributed by atoms with E-state index in [0.717, 1.165) is 6.42 Å². The van der Waals surface area contributed by atoms with Crippen LogP contribution in [0.2, 0.25) is 0 Å². The molecular formula is C15H22N2OS. The van der Waals surface area contributed by atoms with Crippen molar-refractivity contribution in [3.8, 4) is 5.88 Å². The summed E-state index contributed by atoms with van der Waals surface area (Å²) < 4.78 is 7.09. The fourth-order valence-corrected chi connectivity index (χ4v) is 1.98. The number of aryl methyl sites for hydroxylation is 2. The van der Waals surface area contributed by atoms with Gasteiger partial charge in [0, 0.05) is 12.3 Å². The van der Waals surface area contributed by atoms with Crippen LogP contribution in [0.25, 0.3) is 0 Å². The number of benzene rings is 1. The summed E-state index contributed by atoms with van der Waals surface area (Å²) in [5.41, 5.74) is 3.84. The van der Waals surface area contributed by atoms with Crippen LogP contribution in [-0.2, 0) is 13.0 Å². The van der Waals surface area contributed by atoms with Crippen molar-refractivity contribution >= 4 is 12.8 Å². The first-order valence-corrected chi connectivity index (χ1v) is 7.05. The molecule has 2 rings (SSSR count). The molecule has 2 aromatic rings. The summed E-state index contributed by atoms with van der Waals surface area (Å²) in [5.74, 6) is 0.602. The highest BCUT2D eigenvalue weighted by molar-refractivity contribution is 7.78. The van der Waals surface area contributed by atoms with E-state index in [4.69, 9.17) is 4.74 Å². The van der Waals surface area contributed by atoms with Crippen molar-refractivity contribution in [2.75, 3.05) is 0 Å². The van der Waals surface area contributed by atoms with Crippen LogP contribution in [0.5, 0.6) is 5.88 Å². The van der Waals surface area contributed by atoms with Crippen LogP contribution in [0.15, 0.2) is 30.5 Å². The van der Waals surface area contributed by atoms with Crippen molar-refractivity contribution in [3.63, 3.8) is 0 Å². The SMILES string of the molecule is CC.CCc1cccc(C)c1COc1ccn(S)n1. The smallest absolute Gasteiger partial charge is 0.234 e. The standard InChI is InChI=1S/C13H16N2OS.C2H6/c1-3-11-6-4-5-10(2)12(11)9-16-13-7-8-15(17)14-13;1-2/h4-8,17H,3,9H2,1-2H3;1-2H3. The predicted molar refractivity (Wildman–Crippen MR) is 82.8 cm³/mol. The van der Waals surface area contributed by atoms with E-state index in [2.05, 4.69) is 50.0 Å². The topological polar surface area (TPSA) is 27.1 Å². The van der Waals surface area contributed by atoms with Crippen molar-refractivity contribution in [1.82, 2.24) is 9.19 Å². The zero-order valence-corrected chi connectivity index (χ0v) is 12.9. The van der Waals surface area contributed by atoms with Crippen LogP contribution in [-0.4, -0.2) is 9.19 Å². The number of aromatic nitrogens is 2. The first-order valence-electron chi connectivity index (χ1n) is 6.65. The first kappa shape index (κ1) is 15.6. The Balaban J connectivity index is 0.000000861. The molecule has 0 spiro atoms. The minimum absolute atomic E-state index is 0.556. The Morgan fingerprint density at radius 3 is 2.58 bits per heavy atom. The van der Waals surface area contributed by atoms with E-state index in [9.17, 15) is 0 Å². The molecule has 3 nitrogen and oxygen atoms in total. The Labute approximate surface area is 121 Å². The van der Waals surface area contributed by atoms with Crippen molar-refractivity contribution in [2.24, 2.45) is 0 Å². The summed E-state index contributed by atoms with van der Waals surface area (Å²) >= 11 is 4.07. The van der Waals surface area contributed by atoms with Crippen molar-refractivity contribution in [3.05, 3.63) is 47.2 Å². The molecule has 0 amide bonds. The number of nitrogens with zero attached hydrogens (tertiary/aromatic N) is 2. The lowest BCUT2D eigenvalue weighted by Crippen LogP contribution is -2.02. The molecule has 1 aromatic carbocycles. The quantitative estimate of drug-likeness (QED) is 0.854. The van der Waals surface area contributed by atoms with Gasteiger partial charge in [0.1, 0.15) is 6.61 Å². The van der Waals surface area contributed by atoms with Gasteiger partial charge >= 0.3 is 0 Å². The fraction of sp³-hybridized carbons (Fsp3) is 0.400. The molecule has 104 valence electrons. The van der Waals surface area contributed by atoms with Crippen molar-refractivity contribution in [1.29, 1.82) is 0 Å². The molecular weight excluding hydrogens is 256 g/mol. The zero-order valence-electron chi connectivity index (χ0n) is 12.1. The van der Waals surface area contributed by atoms with Gasteiger partial charge in [-0.3, -0.25) is 0 Å². The summed E-state index contributed by atoms with van der Waals surface area (Å²) in [7, 11) is 0. The number of ether oxygens (including phenoxy) is 1. The molecule has 0 saturated heterocycles. The summed E-state index contributed by atoms with van der Waals surface area (Å²) in [5, 5.41) is 4.07. The van der Waals surface area contributed by atoms with Gasteiger partial charge in [0.15, 0.2) is 0 Å². The third kappa shape index (κ3) is 4.31. The average molecular weight is 278 g/mol. The molecule has 0 aliphatic carbocycles. The Morgan fingerprint density at radius 2 is 2.00 bits per heavy atom. The van der Waals surface area contributed by atoms with E-state index in [-0.39, 0.29) is 0 Å². The molecule has 0 aliphatic heterocycles. The molecule has 0 unspecified atom stereocenters. The molecule has 0 fully saturated rings. The monoisotopic (exact) mass is 278 g/mol. The number of hydrogen-bond donors (Lipinski definition) is 1. The molecule has 19 heavy (non-hydrogen) atoms. The first-order chi connectivity index (χ1) is 9.20. The third-order valence-corrected chi connectivity index (χ3v) is 3.03. The summed E-state index contributed by atoms with van der Waals surface area (Å²) in [6.07, 6.45) is 2.76. The lowest BCUT2D eigenvalue weighted by Gasteiger charge is -2.11. The lowest BCUT2D eigenvalue weighted by molar-refractivity contribution is 0.291. The van der Waals surface area contributed by atoms with Gasteiger partial charge in [-0.2, -0.15) is 0 Å². The lowest BCUT2D eigenvalue weighted by atomic mass is 10.0. The van der Waals surface area contributed by atoms with Crippen LogP contribution >= 0.6 is 12.8 Å². The van der Waals surface area contributed by atoms with Gasteiger partial charge in [-0.15, -0.1) is 5.10 Å². The predicted octanol–water partition coefficient (Wildman–Crippen LogP) is 4.05. The Hall–Kier alpha value is -1.42. The van der Waals surface area contributed by atoms with Gasteiger partial charge in [0.2, 0.25) is 5.88 Å². The molecule has 0 bridgehead atoms. The average Bonchev–Trinajstić information content (AvgIpc) is 2.85. The van der Waals surface area contributed by atoms with Gasteiger partial charge in [0.25, 0.3) is 0 Å². The van der Waals surface area contributed by atoms with E-state index >= 15 is 0 Å². The van der Waals surface area contributed by atoms with Crippen LogP contribution in [0, 0.1) is 6.92 Å². The summed E-state index contributed by atoms with van der Waals surface area (Å²) in [4.78, 5) is 0. The number of rotatable bonds is 4. The maximum absolute atomic E-state index is 5.66. The minimum Gasteiger partial charge on any atom is -0.472 e. The van der Waals surface area contributed by atoms with E-state index in [1.807, 2.05) is 13.8 Å².